The molecular weight excluding hydrogens is 380 g/mol. The Labute approximate surface area is 172 Å². The molecule has 30 heavy (non-hydrogen) atoms. The van der Waals surface area contributed by atoms with Crippen LogP contribution in [0, 0.1) is 18.3 Å². The summed E-state index contributed by atoms with van der Waals surface area (Å²) in [7, 11) is 0. The maximum absolute atomic E-state index is 12.3. The van der Waals surface area contributed by atoms with Gasteiger partial charge in [-0.1, -0.05) is 0 Å². The van der Waals surface area contributed by atoms with Crippen LogP contribution in [0.15, 0.2) is 73.3 Å². The molecule has 2 aromatic carbocycles. The fourth-order valence-electron chi connectivity index (χ4n) is 2.73. The van der Waals surface area contributed by atoms with E-state index >= 15 is 0 Å². The number of benzene rings is 2. The predicted molar refractivity (Wildman–Crippen MR) is 110 cm³/mol. The Kier molecular flexibility index (Phi) is 5.17. The van der Waals surface area contributed by atoms with Crippen molar-refractivity contribution >= 4 is 11.6 Å². The molecule has 0 aliphatic heterocycles. The van der Waals surface area contributed by atoms with Gasteiger partial charge in [-0.25, -0.2) is 9.97 Å². The van der Waals surface area contributed by atoms with Crippen LogP contribution in [0.1, 0.15) is 21.7 Å². The van der Waals surface area contributed by atoms with E-state index in [0.29, 0.717) is 40.1 Å². The van der Waals surface area contributed by atoms with Crippen molar-refractivity contribution in [1.82, 2.24) is 19.5 Å². The van der Waals surface area contributed by atoms with Gasteiger partial charge in [0.05, 0.1) is 11.6 Å². The lowest BCUT2D eigenvalue weighted by molar-refractivity contribution is 0.102. The first-order valence-corrected chi connectivity index (χ1v) is 9.04. The van der Waals surface area contributed by atoms with Crippen LogP contribution in [0.2, 0.25) is 0 Å². The van der Waals surface area contributed by atoms with Crippen LogP contribution in [-0.2, 0) is 0 Å². The monoisotopic (exact) mass is 396 g/mol. The zero-order valence-electron chi connectivity index (χ0n) is 16.0. The number of hydrogen-bond acceptors (Lipinski definition) is 6. The van der Waals surface area contributed by atoms with Crippen LogP contribution in [0.4, 0.5) is 5.69 Å². The zero-order valence-corrected chi connectivity index (χ0v) is 16.0. The number of imidazole rings is 1. The maximum atomic E-state index is 12.3. The molecule has 8 heteroatoms. The summed E-state index contributed by atoms with van der Waals surface area (Å²) >= 11 is 0. The molecule has 0 unspecified atom stereocenters. The quantitative estimate of drug-likeness (QED) is 0.549. The number of rotatable bonds is 5. The van der Waals surface area contributed by atoms with Gasteiger partial charge in [0.1, 0.15) is 23.7 Å². The summed E-state index contributed by atoms with van der Waals surface area (Å²) in [6, 6.07) is 17.1. The van der Waals surface area contributed by atoms with Gasteiger partial charge in [0.15, 0.2) is 0 Å². The predicted octanol–water partition coefficient (Wildman–Crippen LogP) is 3.89. The number of hydrogen-bond donors (Lipinski definition) is 1. The van der Waals surface area contributed by atoms with Crippen molar-refractivity contribution in [2.45, 2.75) is 6.92 Å². The smallest absolute Gasteiger partial charge is 0.255 e. The number of aryl methyl sites for hydroxylation is 1. The molecule has 0 spiro atoms. The molecule has 0 atom stereocenters. The van der Waals surface area contributed by atoms with Crippen molar-refractivity contribution in [3.63, 3.8) is 0 Å². The molecule has 0 bridgehead atoms. The normalized spacial score (nSPS) is 10.3. The highest BCUT2D eigenvalue weighted by Crippen LogP contribution is 2.23. The highest BCUT2D eigenvalue weighted by Gasteiger charge is 2.08. The van der Waals surface area contributed by atoms with Gasteiger partial charge < -0.3 is 10.1 Å². The number of nitriles is 1. The van der Waals surface area contributed by atoms with Gasteiger partial charge in [0, 0.05) is 29.7 Å². The topological polar surface area (TPSA) is 106 Å². The van der Waals surface area contributed by atoms with Crippen molar-refractivity contribution < 1.29 is 9.53 Å². The number of carbonyl (C=O) groups excluding carboxylic acids is 1. The third-order valence-corrected chi connectivity index (χ3v) is 4.18. The minimum Gasteiger partial charge on any atom is -0.439 e. The summed E-state index contributed by atoms with van der Waals surface area (Å²) in [4.78, 5) is 25.0. The second kappa shape index (κ2) is 8.24. The number of nitrogens with zero attached hydrogens (tertiary/aromatic N) is 5. The Morgan fingerprint density at radius 3 is 2.53 bits per heavy atom. The first-order valence-electron chi connectivity index (χ1n) is 9.04. The molecule has 4 aromatic rings. The van der Waals surface area contributed by atoms with Crippen LogP contribution in [0.5, 0.6) is 11.6 Å². The number of aromatic nitrogens is 4. The number of nitrogens with one attached hydrogen (secondary N) is 1. The van der Waals surface area contributed by atoms with Crippen LogP contribution in [-0.4, -0.2) is 25.4 Å². The van der Waals surface area contributed by atoms with Gasteiger partial charge in [-0.3, -0.25) is 9.36 Å². The van der Waals surface area contributed by atoms with Crippen LogP contribution in [0.3, 0.4) is 0 Å². The standard InChI is InChI=1S/C22H16N6O2/c1-15-25-20(28-11-10-24-14-28)12-21(26-15)30-19-8-6-18(7-9-19)27-22(29)17-4-2-16(13-23)3-5-17/h2-12,14H,1H3,(H,27,29). The molecule has 146 valence electrons. The Hall–Kier alpha value is -4.51. The van der Waals surface area contributed by atoms with Crippen LogP contribution < -0.4 is 10.1 Å². The third kappa shape index (κ3) is 4.31. The van der Waals surface area contributed by atoms with E-state index in [1.54, 1.807) is 84.8 Å². The highest BCUT2D eigenvalue weighted by molar-refractivity contribution is 6.04. The number of ether oxygens (including phenoxy) is 1. The van der Waals surface area contributed by atoms with Gasteiger partial charge in [0.25, 0.3) is 5.91 Å². The van der Waals surface area contributed by atoms with E-state index in [0.717, 1.165) is 0 Å². The third-order valence-electron chi connectivity index (χ3n) is 4.18. The van der Waals surface area contributed by atoms with Crippen LogP contribution >= 0.6 is 0 Å². The van der Waals surface area contributed by atoms with Crippen molar-refractivity contribution in [2.75, 3.05) is 5.32 Å². The van der Waals surface area contributed by atoms with Gasteiger partial charge in [-0.15, -0.1) is 0 Å². The van der Waals surface area contributed by atoms with E-state index in [1.165, 1.54) is 0 Å². The molecule has 4 rings (SSSR count). The summed E-state index contributed by atoms with van der Waals surface area (Å²) in [6.45, 7) is 1.79. The summed E-state index contributed by atoms with van der Waals surface area (Å²) in [5.41, 5.74) is 1.59. The Bertz CT molecular complexity index is 1210. The number of anilines is 1. The van der Waals surface area contributed by atoms with Crippen molar-refractivity contribution in [3.8, 4) is 23.5 Å². The molecule has 0 fully saturated rings. The molecule has 1 amide bonds. The van der Waals surface area contributed by atoms with E-state index in [1.807, 2.05) is 6.07 Å². The molecule has 2 aromatic heterocycles. The van der Waals surface area contributed by atoms with Crippen molar-refractivity contribution in [1.29, 1.82) is 5.26 Å². The molecule has 2 heterocycles. The second-order valence-electron chi connectivity index (χ2n) is 6.35. The Morgan fingerprint density at radius 1 is 1.10 bits per heavy atom. The molecule has 0 saturated carbocycles. The fourth-order valence-corrected chi connectivity index (χ4v) is 2.73. The molecule has 0 radical (unpaired) electrons. The molecular formula is C22H16N6O2. The van der Waals surface area contributed by atoms with E-state index in [2.05, 4.69) is 20.3 Å². The van der Waals surface area contributed by atoms with Gasteiger partial charge in [-0.05, 0) is 55.5 Å². The van der Waals surface area contributed by atoms with Gasteiger partial charge in [-0.2, -0.15) is 10.2 Å². The van der Waals surface area contributed by atoms with Gasteiger partial charge >= 0.3 is 0 Å². The first-order chi connectivity index (χ1) is 14.6. The minimum absolute atomic E-state index is 0.260. The largest absolute Gasteiger partial charge is 0.439 e. The molecule has 8 nitrogen and oxygen atoms in total. The molecule has 0 aliphatic carbocycles. The molecule has 0 aliphatic rings. The maximum Gasteiger partial charge on any atom is 0.255 e. The molecule has 0 saturated heterocycles. The van der Waals surface area contributed by atoms with Crippen molar-refractivity contribution in [3.05, 3.63) is 90.3 Å². The Balaban J connectivity index is 1.45. The summed E-state index contributed by atoms with van der Waals surface area (Å²) in [5.74, 6) is 1.94. The Morgan fingerprint density at radius 2 is 1.87 bits per heavy atom. The zero-order chi connectivity index (χ0) is 20.9. The van der Waals surface area contributed by atoms with E-state index < -0.39 is 0 Å². The van der Waals surface area contributed by atoms with Gasteiger partial charge in [0.2, 0.25) is 5.88 Å². The summed E-state index contributed by atoms with van der Waals surface area (Å²) < 4.78 is 7.61. The highest BCUT2D eigenvalue weighted by atomic mass is 16.5. The van der Waals surface area contributed by atoms with Crippen molar-refractivity contribution in [2.24, 2.45) is 0 Å². The number of carbonyl (C=O) groups is 1. The summed E-state index contributed by atoms with van der Waals surface area (Å²) in [5, 5.41) is 11.6. The SMILES string of the molecule is Cc1nc(Oc2ccc(NC(=O)c3ccc(C#N)cc3)cc2)cc(-n2ccnc2)n1. The lowest BCUT2D eigenvalue weighted by atomic mass is 10.1. The van der Waals surface area contributed by atoms with E-state index in [9.17, 15) is 4.79 Å². The molecule has 1 N–H and O–H groups in total. The lowest BCUT2D eigenvalue weighted by Gasteiger charge is -2.09. The van der Waals surface area contributed by atoms with E-state index in [-0.39, 0.29) is 5.91 Å². The average Bonchev–Trinajstić information content (AvgIpc) is 3.30. The lowest BCUT2D eigenvalue weighted by Crippen LogP contribution is -2.11. The average molecular weight is 396 g/mol. The first kappa shape index (κ1) is 18.8. The number of amides is 1. The summed E-state index contributed by atoms with van der Waals surface area (Å²) in [6.07, 6.45) is 5.11. The second-order valence-corrected chi connectivity index (χ2v) is 6.35. The minimum atomic E-state index is -0.260. The van der Waals surface area contributed by atoms with E-state index in [4.69, 9.17) is 10.00 Å². The fraction of sp³-hybridized carbons (Fsp3) is 0.0455. The van der Waals surface area contributed by atoms with Crippen LogP contribution in [0.25, 0.3) is 5.82 Å².